The Hall–Kier alpha value is -1.62. The van der Waals surface area contributed by atoms with Gasteiger partial charge in [-0.3, -0.25) is 4.79 Å². The summed E-state index contributed by atoms with van der Waals surface area (Å²) in [6.07, 6.45) is 6.69. The van der Waals surface area contributed by atoms with Crippen molar-refractivity contribution in [1.82, 2.24) is 10.3 Å². The first-order chi connectivity index (χ1) is 9.74. The number of aromatic nitrogens is 1. The van der Waals surface area contributed by atoms with Gasteiger partial charge in [0.15, 0.2) is 0 Å². The van der Waals surface area contributed by atoms with Crippen molar-refractivity contribution in [2.75, 3.05) is 24.5 Å². The molecule has 1 aromatic rings. The fraction of sp³-hybridized carbons (Fsp3) is 0.600. The first-order valence-electron chi connectivity index (χ1n) is 7.48. The van der Waals surface area contributed by atoms with Crippen LogP contribution >= 0.6 is 0 Å². The molecule has 20 heavy (non-hydrogen) atoms. The van der Waals surface area contributed by atoms with E-state index in [1.54, 1.807) is 18.3 Å². The Bertz CT molecular complexity index is 477. The third-order valence-corrected chi connectivity index (χ3v) is 4.56. The van der Waals surface area contributed by atoms with E-state index in [2.05, 4.69) is 15.2 Å². The zero-order valence-corrected chi connectivity index (χ0v) is 11.7. The molecule has 1 atom stereocenters. The molecule has 2 aliphatic rings. The summed E-state index contributed by atoms with van der Waals surface area (Å²) in [6, 6.07) is 4.18. The van der Waals surface area contributed by atoms with Gasteiger partial charge in [0, 0.05) is 30.9 Å². The Morgan fingerprint density at radius 1 is 1.35 bits per heavy atom. The molecule has 2 aliphatic heterocycles. The Morgan fingerprint density at radius 2 is 2.15 bits per heavy atom. The second kappa shape index (κ2) is 5.79. The van der Waals surface area contributed by atoms with Crippen LogP contribution in [0.2, 0.25) is 0 Å². The molecule has 5 nitrogen and oxygen atoms in total. The van der Waals surface area contributed by atoms with Crippen LogP contribution in [0.5, 0.6) is 0 Å². The van der Waals surface area contributed by atoms with Gasteiger partial charge in [0.1, 0.15) is 5.82 Å². The molecule has 2 saturated heterocycles. The highest BCUT2D eigenvalue weighted by molar-refractivity contribution is 5.93. The van der Waals surface area contributed by atoms with Crippen molar-refractivity contribution in [2.24, 2.45) is 11.7 Å². The lowest BCUT2D eigenvalue weighted by Gasteiger charge is -2.35. The molecule has 2 fully saturated rings. The topological polar surface area (TPSA) is 71.2 Å². The maximum atomic E-state index is 11.2. The number of hydrogen-bond acceptors (Lipinski definition) is 4. The molecule has 0 aromatic carbocycles. The van der Waals surface area contributed by atoms with E-state index < -0.39 is 5.91 Å². The molecule has 1 unspecified atom stereocenters. The molecule has 1 aromatic heterocycles. The highest BCUT2D eigenvalue weighted by Crippen LogP contribution is 2.27. The first kappa shape index (κ1) is 13.4. The minimum absolute atomic E-state index is 0.390. The zero-order chi connectivity index (χ0) is 13.9. The number of hydrogen-bond donors (Lipinski definition) is 2. The van der Waals surface area contributed by atoms with Crippen LogP contribution in [0, 0.1) is 5.92 Å². The minimum Gasteiger partial charge on any atom is -0.366 e. The van der Waals surface area contributed by atoms with Crippen LogP contribution in [0.3, 0.4) is 0 Å². The van der Waals surface area contributed by atoms with E-state index >= 15 is 0 Å². The number of piperidine rings is 1. The van der Waals surface area contributed by atoms with Gasteiger partial charge in [-0.1, -0.05) is 0 Å². The lowest BCUT2D eigenvalue weighted by molar-refractivity contribution is 0.1000. The summed E-state index contributed by atoms with van der Waals surface area (Å²) in [6.45, 7) is 3.20. The van der Waals surface area contributed by atoms with Crippen LogP contribution in [0.15, 0.2) is 18.3 Å². The van der Waals surface area contributed by atoms with Crippen molar-refractivity contribution in [3.63, 3.8) is 0 Å². The SMILES string of the molecule is NC(=O)c1ccnc(N2CCC(C3CCCN3)CC2)c1. The van der Waals surface area contributed by atoms with Crippen LogP contribution in [0.4, 0.5) is 5.82 Å². The van der Waals surface area contributed by atoms with Gasteiger partial charge < -0.3 is 16.0 Å². The average Bonchev–Trinajstić information content (AvgIpc) is 3.02. The highest BCUT2D eigenvalue weighted by Gasteiger charge is 2.28. The summed E-state index contributed by atoms with van der Waals surface area (Å²) in [5, 5.41) is 3.61. The van der Waals surface area contributed by atoms with E-state index in [-0.39, 0.29) is 0 Å². The van der Waals surface area contributed by atoms with Gasteiger partial charge in [-0.2, -0.15) is 0 Å². The van der Waals surface area contributed by atoms with Crippen LogP contribution in [0.1, 0.15) is 36.0 Å². The van der Waals surface area contributed by atoms with Crippen molar-refractivity contribution in [3.05, 3.63) is 23.9 Å². The number of nitrogens with one attached hydrogen (secondary N) is 1. The Labute approximate surface area is 119 Å². The number of primary amides is 1. The quantitative estimate of drug-likeness (QED) is 0.867. The fourth-order valence-corrected chi connectivity index (χ4v) is 3.39. The van der Waals surface area contributed by atoms with Gasteiger partial charge in [0.2, 0.25) is 5.91 Å². The molecule has 5 heteroatoms. The Kier molecular flexibility index (Phi) is 3.87. The monoisotopic (exact) mass is 274 g/mol. The van der Waals surface area contributed by atoms with E-state index in [9.17, 15) is 4.79 Å². The summed E-state index contributed by atoms with van der Waals surface area (Å²) in [7, 11) is 0. The maximum Gasteiger partial charge on any atom is 0.248 e. The second-order valence-corrected chi connectivity index (χ2v) is 5.79. The van der Waals surface area contributed by atoms with Gasteiger partial charge in [-0.15, -0.1) is 0 Å². The van der Waals surface area contributed by atoms with Crippen molar-refractivity contribution in [1.29, 1.82) is 0 Å². The molecule has 108 valence electrons. The number of carbonyl (C=O) groups excluding carboxylic acids is 1. The highest BCUT2D eigenvalue weighted by atomic mass is 16.1. The van der Waals surface area contributed by atoms with E-state index in [1.165, 1.54) is 32.2 Å². The van der Waals surface area contributed by atoms with Crippen LogP contribution in [0.25, 0.3) is 0 Å². The molecule has 0 radical (unpaired) electrons. The molecular formula is C15H22N4O. The molecule has 3 heterocycles. The van der Waals surface area contributed by atoms with Gasteiger partial charge >= 0.3 is 0 Å². The molecule has 0 saturated carbocycles. The molecule has 0 spiro atoms. The first-order valence-corrected chi connectivity index (χ1v) is 7.48. The average molecular weight is 274 g/mol. The van der Waals surface area contributed by atoms with Crippen LogP contribution < -0.4 is 16.0 Å². The number of pyridine rings is 1. The van der Waals surface area contributed by atoms with E-state index in [0.717, 1.165) is 24.8 Å². The van der Waals surface area contributed by atoms with Gasteiger partial charge in [0.25, 0.3) is 0 Å². The van der Waals surface area contributed by atoms with Gasteiger partial charge in [-0.25, -0.2) is 4.98 Å². The molecule has 3 N–H and O–H groups in total. The number of amides is 1. The van der Waals surface area contributed by atoms with Crippen molar-refractivity contribution >= 4 is 11.7 Å². The number of nitrogens with zero attached hydrogens (tertiary/aromatic N) is 2. The predicted molar refractivity (Wildman–Crippen MR) is 78.7 cm³/mol. The standard InChI is InChI=1S/C15H22N4O/c16-15(20)12-3-7-18-14(10-12)19-8-4-11(5-9-19)13-2-1-6-17-13/h3,7,10-11,13,17H,1-2,4-6,8-9H2,(H2,16,20). The third-order valence-electron chi connectivity index (χ3n) is 4.56. The molecule has 0 bridgehead atoms. The van der Waals surface area contributed by atoms with Crippen molar-refractivity contribution in [3.8, 4) is 0 Å². The normalized spacial score (nSPS) is 24.0. The van der Waals surface area contributed by atoms with Crippen LogP contribution in [-0.4, -0.2) is 36.6 Å². The van der Waals surface area contributed by atoms with E-state index in [4.69, 9.17) is 5.73 Å². The van der Waals surface area contributed by atoms with E-state index in [0.29, 0.717) is 11.6 Å². The molecule has 3 rings (SSSR count). The van der Waals surface area contributed by atoms with Gasteiger partial charge in [-0.05, 0) is 50.3 Å². The smallest absolute Gasteiger partial charge is 0.248 e. The summed E-state index contributed by atoms with van der Waals surface area (Å²) in [5.74, 6) is 1.27. The van der Waals surface area contributed by atoms with Crippen molar-refractivity contribution in [2.45, 2.75) is 31.7 Å². The third kappa shape index (κ3) is 2.77. The summed E-state index contributed by atoms with van der Waals surface area (Å²) < 4.78 is 0. The Morgan fingerprint density at radius 3 is 2.80 bits per heavy atom. The van der Waals surface area contributed by atoms with E-state index in [1.807, 2.05) is 0 Å². The largest absolute Gasteiger partial charge is 0.366 e. The Balaban J connectivity index is 1.62. The second-order valence-electron chi connectivity index (χ2n) is 5.79. The summed E-state index contributed by atoms with van der Waals surface area (Å²) in [5.41, 5.74) is 5.86. The molecule has 1 amide bonds. The lowest BCUT2D eigenvalue weighted by atomic mass is 9.88. The van der Waals surface area contributed by atoms with Gasteiger partial charge in [0.05, 0.1) is 0 Å². The number of anilines is 1. The fourth-order valence-electron chi connectivity index (χ4n) is 3.39. The molecule has 0 aliphatic carbocycles. The van der Waals surface area contributed by atoms with Crippen molar-refractivity contribution < 1.29 is 4.79 Å². The zero-order valence-electron chi connectivity index (χ0n) is 11.7. The summed E-state index contributed by atoms with van der Waals surface area (Å²) in [4.78, 5) is 17.9. The summed E-state index contributed by atoms with van der Waals surface area (Å²) >= 11 is 0. The van der Waals surface area contributed by atoms with Crippen LogP contribution in [-0.2, 0) is 0 Å². The maximum absolute atomic E-state index is 11.2. The number of carbonyl (C=O) groups is 1. The number of rotatable bonds is 3. The number of nitrogens with two attached hydrogens (primary N) is 1. The predicted octanol–water partition coefficient (Wildman–Crippen LogP) is 1.15. The minimum atomic E-state index is -0.390. The lowest BCUT2D eigenvalue weighted by Crippen LogP contribution is -2.41. The molecular weight excluding hydrogens is 252 g/mol.